The lowest BCUT2D eigenvalue weighted by atomic mass is 10.2. The number of nitrogens with one attached hydrogen (secondary N) is 1. The van der Waals surface area contributed by atoms with Crippen molar-refractivity contribution in [2.45, 2.75) is 26.7 Å². The Balaban J connectivity index is 2.80. The van der Waals surface area contributed by atoms with Crippen molar-refractivity contribution in [3.05, 3.63) is 29.6 Å². The van der Waals surface area contributed by atoms with Crippen LogP contribution < -0.4 is 5.32 Å². The first kappa shape index (κ1) is 16.9. The summed E-state index contributed by atoms with van der Waals surface area (Å²) in [7, 11) is 1.19. The molecule has 1 aromatic carbocycles. The van der Waals surface area contributed by atoms with E-state index in [4.69, 9.17) is 0 Å². The molecule has 2 amide bonds. The second kappa shape index (κ2) is 8.24. The second-order valence-corrected chi connectivity index (χ2v) is 4.60. The van der Waals surface area contributed by atoms with Crippen molar-refractivity contribution in [3.8, 4) is 0 Å². The average Bonchev–Trinajstić information content (AvgIpc) is 2.46. The Labute approximate surface area is 124 Å². The highest BCUT2D eigenvalue weighted by atomic mass is 19.1. The van der Waals surface area contributed by atoms with Gasteiger partial charge >= 0.3 is 12.0 Å². The number of halogens is 1. The topological polar surface area (TPSA) is 58.6 Å². The summed E-state index contributed by atoms with van der Waals surface area (Å²) >= 11 is 0. The van der Waals surface area contributed by atoms with Crippen molar-refractivity contribution in [1.29, 1.82) is 0 Å². The Bertz CT molecular complexity index is 500. The molecular weight excluding hydrogens is 275 g/mol. The molecule has 0 radical (unpaired) electrons. The molecule has 0 aromatic heterocycles. The van der Waals surface area contributed by atoms with Crippen LogP contribution in [-0.4, -0.2) is 37.1 Å². The monoisotopic (exact) mass is 296 g/mol. The zero-order chi connectivity index (χ0) is 15.8. The fourth-order valence-corrected chi connectivity index (χ4v) is 1.93. The minimum Gasteiger partial charge on any atom is -0.465 e. The van der Waals surface area contributed by atoms with Crippen LogP contribution in [0.1, 0.15) is 37.0 Å². The standard InChI is InChI=1S/C15H21FN2O3/c1-4-8-18(9-5-2)15(20)17-11-6-7-12(13(16)10-11)14(19)21-3/h6-7,10H,4-5,8-9H2,1-3H3,(H,17,20). The van der Waals surface area contributed by atoms with Gasteiger partial charge in [-0.15, -0.1) is 0 Å². The summed E-state index contributed by atoms with van der Waals surface area (Å²) in [6.07, 6.45) is 1.70. The number of nitrogens with zero attached hydrogens (tertiary/aromatic N) is 1. The number of hydrogen-bond acceptors (Lipinski definition) is 3. The molecule has 1 N–H and O–H groups in total. The number of hydrogen-bond donors (Lipinski definition) is 1. The number of carbonyl (C=O) groups excluding carboxylic acids is 2. The van der Waals surface area contributed by atoms with E-state index in [1.54, 1.807) is 4.90 Å². The molecule has 116 valence electrons. The van der Waals surface area contributed by atoms with Gasteiger partial charge < -0.3 is 15.0 Å². The molecule has 0 unspecified atom stereocenters. The highest BCUT2D eigenvalue weighted by Crippen LogP contribution is 2.16. The SMILES string of the molecule is CCCN(CCC)C(=O)Nc1ccc(C(=O)OC)c(F)c1. The highest BCUT2D eigenvalue weighted by molar-refractivity contribution is 5.92. The van der Waals surface area contributed by atoms with Crippen molar-refractivity contribution in [1.82, 2.24) is 4.90 Å². The largest absolute Gasteiger partial charge is 0.465 e. The summed E-state index contributed by atoms with van der Waals surface area (Å²) in [5.41, 5.74) is 0.150. The second-order valence-electron chi connectivity index (χ2n) is 4.60. The number of anilines is 1. The maximum atomic E-state index is 13.8. The fourth-order valence-electron chi connectivity index (χ4n) is 1.93. The van der Waals surface area contributed by atoms with E-state index in [2.05, 4.69) is 10.1 Å². The van der Waals surface area contributed by atoms with Crippen LogP contribution in [0.2, 0.25) is 0 Å². The Morgan fingerprint density at radius 3 is 2.33 bits per heavy atom. The minimum atomic E-state index is -0.746. The molecule has 0 aliphatic heterocycles. The molecule has 0 saturated carbocycles. The number of ether oxygens (including phenoxy) is 1. The van der Waals surface area contributed by atoms with E-state index in [9.17, 15) is 14.0 Å². The average molecular weight is 296 g/mol. The van der Waals surface area contributed by atoms with Gasteiger partial charge in [0.1, 0.15) is 5.82 Å². The Morgan fingerprint density at radius 2 is 1.86 bits per heavy atom. The third-order valence-electron chi connectivity index (χ3n) is 2.90. The van der Waals surface area contributed by atoms with E-state index in [1.807, 2.05) is 13.8 Å². The Hall–Kier alpha value is -2.11. The molecule has 21 heavy (non-hydrogen) atoms. The third kappa shape index (κ3) is 4.73. The van der Waals surface area contributed by atoms with Gasteiger partial charge in [0.25, 0.3) is 0 Å². The van der Waals surface area contributed by atoms with Crippen LogP contribution in [0.25, 0.3) is 0 Å². The van der Waals surface area contributed by atoms with E-state index in [1.165, 1.54) is 19.2 Å². The number of carbonyl (C=O) groups is 2. The number of urea groups is 1. The number of rotatable bonds is 6. The molecule has 0 spiro atoms. The van der Waals surface area contributed by atoms with E-state index >= 15 is 0 Å². The summed E-state index contributed by atoms with van der Waals surface area (Å²) < 4.78 is 18.2. The van der Waals surface area contributed by atoms with Crippen LogP contribution in [-0.2, 0) is 4.74 Å². The normalized spacial score (nSPS) is 10.1. The summed E-state index contributed by atoms with van der Waals surface area (Å²) in [6.45, 7) is 5.26. The molecular formula is C15H21FN2O3. The van der Waals surface area contributed by atoms with Crippen LogP contribution in [0.3, 0.4) is 0 Å². The molecule has 0 aliphatic rings. The lowest BCUT2D eigenvalue weighted by molar-refractivity contribution is 0.0595. The molecule has 0 atom stereocenters. The molecule has 0 bridgehead atoms. The molecule has 0 saturated heterocycles. The van der Waals surface area contributed by atoms with Crippen LogP contribution >= 0.6 is 0 Å². The lowest BCUT2D eigenvalue weighted by Crippen LogP contribution is -2.36. The predicted octanol–water partition coefficient (Wildman–Crippen LogP) is 3.27. The van der Waals surface area contributed by atoms with Crippen LogP contribution in [0.5, 0.6) is 0 Å². The molecule has 1 aromatic rings. The maximum absolute atomic E-state index is 13.8. The van der Waals surface area contributed by atoms with E-state index in [0.717, 1.165) is 18.9 Å². The number of amides is 2. The number of esters is 1. The lowest BCUT2D eigenvalue weighted by Gasteiger charge is -2.22. The number of methoxy groups -OCH3 is 1. The molecule has 6 heteroatoms. The Morgan fingerprint density at radius 1 is 1.24 bits per heavy atom. The summed E-state index contributed by atoms with van der Waals surface area (Å²) in [5, 5.41) is 2.63. The molecule has 0 aliphatic carbocycles. The van der Waals surface area contributed by atoms with Gasteiger partial charge in [-0.2, -0.15) is 0 Å². The van der Waals surface area contributed by atoms with Gasteiger partial charge in [0.15, 0.2) is 0 Å². The van der Waals surface area contributed by atoms with E-state index in [-0.39, 0.29) is 11.6 Å². The van der Waals surface area contributed by atoms with Gasteiger partial charge in [-0.3, -0.25) is 0 Å². The number of benzene rings is 1. The van der Waals surface area contributed by atoms with E-state index < -0.39 is 11.8 Å². The van der Waals surface area contributed by atoms with Gasteiger partial charge in [-0.05, 0) is 31.0 Å². The highest BCUT2D eigenvalue weighted by Gasteiger charge is 2.15. The van der Waals surface area contributed by atoms with Crippen molar-refractivity contribution in [3.63, 3.8) is 0 Å². The fraction of sp³-hybridized carbons (Fsp3) is 0.467. The molecule has 0 heterocycles. The van der Waals surface area contributed by atoms with Crippen molar-refractivity contribution in [2.24, 2.45) is 0 Å². The summed E-state index contributed by atoms with van der Waals surface area (Å²) in [4.78, 5) is 25.0. The molecule has 5 nitrogen and oxygen atoms in total. The van der Waals surface area contributed by atoms with Gasteiger partial charge in [0.2, 0.25) is 0 Å². The molecule has 0 fully saturated rings. The maximum Gasteiger partial charge on any atom is 0.340 e. The van der Waals surface area contributed by atoms with Crippen molar-refractivity contribution >= 4 is 17.7 Å². The summed E-state index contributed by atoms with van der Waals surface area (Å²) in [5.74, 6) is -1.47. The predicted molar refractivity (Wildman–Crippen MR) is 78.9 cm³/mol. The van der Waals surface area contributed by atoms with Crippen molar-refractivity contribution in [2.75, 3.05) is 25.5 Å². The van der Waals surface area contributed by atoms with Gasteiger partial charge in [0.05, 0.1) is 12.7 Å². The smallest absolute Gasteiger partial charge is 0.340 e. The quantitative estimate of drug-likeness (QED) is 0.820. The van der Waals surface area contributed by atoms with Crippen LogP contribution in [0.15, 0.2) is 18.2 Å². The minimum absolute atomic E-state index is 0.158. The van der Waals surface area contributed by atoms with Gasteiger partial charge in [-0.25, -0.2) is 14.0 Å². The van der Waals surface area contributed by atoms with Crippen LogP contribution in [0, 0.1) is 5.82 Å². The first-order valence-electron chi connectivity index (χ1n) is 6.97. The first-order valence-corrected chi connectivity index (χ1v) is 6.97. The summed E-state index contributed by atoms with van der Waals surface area (Å²) in [6, 6.07) is 3.61. The zero-order valence-corrected chi connectivity index (χ0v) is 12.6. The van der Waals surface area contributed by atoms with E-state index in [0.29, 0.717) is 18.8 Å². The third-order valence-corrected chi connectivity index (χ3v) is 2.90. The van der Waals surface area contributed by atoms with Crippen LogP contribution in [0.4, 0.5) is 14.9 Å². The Kier molecular flexibility index (Phi) is 6.65. The zero-order valence-electron chi connectivity index (χ0n) is 12.6. The molecule has 1 rings (SSSR count). The first-order chi connectivity index (χ1) is 10.0. The van der Waals surface area contributed by atoms with Gasteiger partial charge in [-0.1, -0.05) is 13.8 Å². The van der Waals surface area contributed by atoms with Gasteiger partial charge in [0, 0.05) is 18.8 Å². The van der Waals surface area contributed by atoms with Crippen molar-refractivity contribution < 1.29 is 18.7 Å².